The van der Waals surface area contributed by atoms with Gasteiger partial charge in [0.15, 0.2) is 0 Å². The van der Waals surface area contributed by atoms with Gasteiger partial charge in [-0.25, -0.2) is 8.42 Å². The summed E-state index contributed by atoms with van der Waals surface area (Å²) in [6, 6.07) is 0. The number of hydrogen-bond acceptors (Lipinski definition) is 3. The Balaban J connectivity index is -0.0000000417. The summed E-state index contributed by atoms with van der Waals surface area (Å²) in [4.78, 5) is 0. The van der Waals surface area contributed by atoms with Gasteiger partial charge in [0.2, 0.25) is 0 Å². The van der Waals surface area contributed by atoms with Crippen LogP contribution in [-0.2, 0) is 10.1 Å². The minimum atomic E-state index is -3.91. The summed E-state index contributed by atoms with van der Waals surface area (Å²) in [6.07, 6.45) is 0. The van der Waals surface area contributed by atoms with Crippen molar-refractivity contribution >= 4 is 10.1 Å². The molecule has 0 amide bonds. The summed E-state index contributed by atoms with van der Waals surface area (Å²) in [5.74, 6) is -0.312. The van der Waals surface area contributed by atoms with E-state index < -0.39 is 10.1 Å². The summed E-state index contributed by atoms with van der Waals surface area (Å²) in [5, 5.41) is 0. The van der Waals surface area contributed by atoms with Crippen molar-refractivity contribution in [3.05, 3.63) is 0 Å². The van der Waals surface area contributed by atoms with Gasteiger partial charge in [0.1, 0.15) is 0 Å². The molecule has 4 nitrogen and oxygen atoms in total. The fourth-order valence-electron chi connectivity index (χ4n) is 0. The van der Waals surface area contributed by atoms with Crippen LogP contribution in [0.5, 0.6) is 0 Å². The second-order valence-corrected chi connectivity index (χ2v) is 2.54. The second-order valence-electron chi connectivity index (χ2n) is 0.846. The fourth-order valence-corrected chi connectivity index (χ4v) is 0. The van der Waals surface area contributed by atoms with Crippen molar-refractivity contribution in [1.29, 1.82) is 0 Å². The Morgan fingerprint density at radius 2 is 1.56 bits per heavy atom. The van der Waals surface area contributed by atoms with E-state index in [2.05, 4.69) is 0 Å². The van der Waals surface area contributed by atoms with Crippen molar-refractivity contribution in [3.8, 4) is 0 Å². The van der Waals surface area contributed by atoms with Crippen molar-refractivity contribution in [2.75, 3.05) is 5.75 Å². The third kappa shape index (κ3) is 28.0. The van der Waals surface area contributed by atoms with Crippen molar-refractivity contribution < 1.29 is 48.0 Å². The van der Waals surface area contributed by atoms with Gasteiger partial charge in [-0.15, -0.1) is 0 Å². The molecule has 0 unspecified atom stereocenters. The van der Waals surface area contributed by atoms with E-state index in [0.717, 1.165) is 0 Å². The first-order chi connectivity index (χ1) is 2.56. The quantitative estimate of drug-likeness (QED) is 0.297. The summed E-state index contributed by atoms with van der Waals surface area (Å²) >= 11 is 0. The molecule has 0 saturated carbocycles. The predicted octanol–water partition coefficient (Wildman–Crippen LogP) is -3.63. The van der Waals surface area contributed by atoms with E-state index in [1.165, 1.54) is 6.92 Å². The molecule has 0 saturated heterocycles. The van der Waals surface area contributed by atoms with Gasteiger partial charge in [-0.1, -0.05) is 14.4 Å². The molecule has 0 aromatic rings. The first-order valence-corrected chi connectivity index (χ1v) is 3.07. The third-order valence-corrected chi connectivity index (χ3v) is 1.06. The monoisotopic (exact) mass is 166 g/mol. The molecule has 54 valence electrons. The molecule has 0 rings (SSSR count). The van der Waals surface area contributed by atoms with Crippen LogP contribution in [0.4, 0.5) is 0 Å². The summed E-state index contributed by atoms with van der Waals surface area (Å²) in [6.45, 7) is 1.31. The van der Waals surface area contributed by atoms with Gasteiger partial charge in [-0.3, -0.25) is 0 Å². The molecule has 0 bridgehead atoms. The maximum atomic E-state index is 9.44. The fraction of sp³-hybridized carbons (Fsp3) is 1.00. The summed E-state index contributed by atoms with van der Waals surface area (Å²) in [5.41, 5.74) is 0. The van der Waals surface area contributed by atoms with Gasteiger partial charge in [-0.05, 0) is 0 Å². The molecule has 0 heterocycles. The Bertz CT molecular complexity index is 118. The van der Waals surface area contributed by atoms with E-state index in [1.54, 1.807) is 0 Å². The molecule has 0 fully saturated rings. The molecule has 0 aromatic heterocycles. The predicted molar refractivity (Wildman–Crippen MR) is 30.6 cm³/mol. The summed E-state index contributed by atoms with van der Waals surface area (Å²) in [7, 11) is -3.91. The van der Waals surface area contributed by atoms with Gasteiger partial charge >= 0.3 is 29.6 Å². The molecule has 2 N–H and O–H groups in total. The molecular formula is C3H11NaO4S. The van der Waals surface area contributed by atoms with Crippen LogP contribution in [0.3, 0.4) is 0 Å². The van der Waals surface area contributed by atoms with Crippen LogP contribution in [0.25, 0.3) is 0 Å². The zero-order valence-electron chi connectivity index (χ0n) is 4.84. The number of hydrogen-bond donors (Lipinski definition) is 0. The van der Waals surface area contributed by atoms with Crippen LogP contribution in [0.15, 0.2) is 0 Å². The standard InChI is InChI=1S/C2H6O3S.CH4.Na.H2O/c1-2-6(3,4)5;;;/h2H2,1H3,(H,3,4,5);1H4;;1H2/q;;+1;/p-1. The minimum absolute atomic E-state index is 0. The van der Waals surface area contributed by atoms with Crippen LogP contribution in [0.2, 0.25) is 0 Å². The van der Waals surface area contributed by atoms with Gasteiger partial charge < -0.3 is 10.0 Å². The zero-order chi connectivity index (χ0) is 5.21. The van der Waals surface area contributed by atoms with E-state index in [-0.39, 0.29) is 48.2 Å². The molecule has 0 atom stereocenters. The normalized spacial score (nSPS) is 7.78. The van der Waals surface area contributed by atoms with Crippen LogP contribution in [0, 0.1) is 0 Å². The molecule has 0 aliphatic rings. The van der Waals surface area contributed by atoms with E-state index in [9.17, 15) is 13.0 Å². The Hall–Kier alpha value is 0.870. The van der Waals surface area contributed by atoms with Crippen LogP contribution >= 0.6 is 0 Å². The molecule has 0 spiro atoms. The van der Waals surface area contributed by atoms with Crippen molar-refractivity contribution in [3.63, 3.8) is 0 Å². The Morgan fingerprint density at radius 1 is 1.44 bits per heavy atom. The SMILES string of the molecule is C.CCS(=O)(=O)[O-].O.[Na+]. The first-order valence-electron chi connectivity index (χ1n) is 1.50. The van der Waals surface area contributed by atoms with Crippen LogP contribution in [-0.4, -0.2) is 24.2 Å². The third-order valence-electron chi connectivity index (χ3n) is 0.354. The van der Waals surface area contributed by atoms with Crippen LogP contribution < -0.4 is 29.6 Å². The molecule has 6 heteroatoms. The van der Waals surface area contributed by atoms with Crippen molar-refractivity contribution in [2.45, 2.75) is 14.4 Å². The molecule has 9 heavy (non-hydrogen) atoms. The molecule has 0 aliphatic heterocycles. The average Bonchev–Trinajstić information content (AvgIpc) is 1.35. The molecule has 0 aromatic carbocycles. The van der Waals surface area contributed by atoms with Gasteiger partial charge in [0.05, 0.1) is 10.1 Å². The van der Waals surface area contributed by atoms with E-state index >= 15 is 0 Å². The topological polar surface area (TPSA) is 88.7 Å². The van der Waals surface area contributed by atoms with E-state index in [4.69, 9.17) is 0 Å². The van der Waals surface area contributed by atoms with Crippen molar-refractivity contribution in [2.24, 2.45) is 0 Å². The van der Waals surface area contributed by atoms with Gasteiger partial charge in [0, 0.05) is 5.75 Å². The molecule has 0 aliphatic carbocycles. The molecule has 0 radical (unpaired) electrons. The van der Waals surface area contributed by atoms with Gasteiger partial charge in [-0.2, -0.15) is 0 Å². The van der Waals surface area contributed by atoms with Crippen LogP contribution in [0.1, 0.15) is 14.4 Å². The molecular weight excluding hydrogens is 155 g/mol. The average molecular weight is 166 g/mol. The Kier molecular flexibility index (Phi) is 22.2. The second kappa shape index (κ2) is 8.87. The number of rotatable bonds is 1. The van der Waals surface area contributed by atoms with Crippen molar-refractivity contribution in [1.82, 2.24) is 0 Å². The minimum Gasteiger partial charge on any atom is -0.748 e. The van der Waals surface area contributed by atoms with E-state index in [0.29, 0.717) is 0 Å². The zero-order valence-corrected chi connectivity index (χ0v) is 7.66. The summed E-state index contributed by atoms with van der Waals surface area (Å²) < 4.78 is 28.3. The Morgan fingerprint density at radius 3 is 1.56 bits per heavy atom. The maximum absolute atomic E-state index is 9.44. The first kappa shape index (κ1) is 22.5. The largest absolute Gasteiger partial charge is 1.00 e. The smallest absolute Gasteiger partial charge is 0.748 e. The Labute approximate surface area is 78.0 Å². The van der Waals surface area contributed by atoms with E-state index in [1.807, 2.05) is 0 Å². The maximum Gasteiger partial charge on any atom is 1.00 e. The van der Waals surface area contributed by atoms with Gasteiger partial charge in [0.25, 0.3) is 0 Å².